The van der Waals surface area contributed by atoms with E-state index in [2.05, 4.69) is 20.1 Å². The van der Waals surface area contributed by atoms with Crippen LogP contribution in [0, 0.1) is 5.82 Å². The van der Waals surface area contributed by atoms with E-state index in [1.807, 2.05) is 4.90 Å². The van der Waals surface area contributed by atoms with Gasteiger partial charge in [-0.1, -0.05) is 17.7 Å². The van der Waals surface area contributed by atoms with Crippen LogP contribution in [-0.2, 0) is 16.0 Å². The van der Waals surface area contributed by atoms with Crippen LogP contribution in [-0.4, -0.2) is 99.2 Å². The van der Waals surface area contributed by atoms with E-state index >= 15 is 0 Å². The van der Waals surface area contributed by atoms with Gasteiger partial charge in [0.15, 0.2) is 5.96 Å². The summed E-state index contributed by atoms with van der Waals surface area (Å²) in [5, 5.41) is 3.80. The molecule has 29 heavy (non-hydrogen) atoms. The van der Waals surface area contributed by atoms with E-state index in [1.54, 1.807) is 13.1 Å². The number of carbonyl (C=O) groups is 1. The molecule has 1 aromatic carbocycles. The molecule has 1 N–H and O–H groups in total. The Morgan fingerprint density at radius 3 is 2.55 bits per heavy atom. The summed E-state index contributed by atoms with van der Waals surface area (Å²) in [6.45, 7) is 7.02. The van der Waals surface area contributed by atoms with E-state index in [0.717, 1.165) is 37.7 Å². The molecule has 160 valence electrons. The Balaban J connectivity index is 1.40. The lowest BCUT2D eigenvalue weighted by molar-refractivity contribution is -0.136. The molecule has 1 aromatic rings. The molecular weight excluding hydrogens is 397 g/mol. The van der Waals surface area contributed by atoms with Crippen molar-refractivity contribution < 1.29 is 13.9 Å². The molecule has 1 amide bonds. The molecule has 7 nitrogen and oxygen atoms in total. The molecule has 0 atom stereocenters. The largest absolute Gasteiger partial charge is 0.378 e. The maximum absolute atomic E-state index is 13.2. The van der Waals surface area contributed by atoms with Gasteiger partial charge in [0.25, 0.3) is 0 Å². The van der Waals surface area contributed by atoms with Crippen LogP contribution in [0.1, 0.15) is 5.56 Å². The Hall–Kier alpha value is -1.90. The zero-order valence-corrected chi connectivity index (χ0v) is 17.6. The van der Waals surface area contributed by atoms with Gasteiger partial charge >= 0.3 is 0 Å². The summed E-state index contributed by atoms with van der Waals surface area (Å²) in [5.41, 5.74) is 0.905. The predicted molar refractivity (Wildman–Crippen MR) is 112 cm³/mol. The summed E-state index contributed by atoms with van der Waals surface area (Å²) >= 11 is 6.09. The molecule has 9 heteroatoms. The SMILES string of the molecule is CN=C(NCCc1ccc(F)cc1Cl)N1CCN(CC(=O)N2CCOCC2)CC1. The second kappa shape index (κ2) is 10.8. The molecule has 0 aromatic heterocycles. The van der Waals surface area contributed by atoms with Crippen molar-refractivity contribution in [1.82, 2.24) is 20.0 Å². The van der Waals surface area contributed by atoms with Crippen LogP contribution in [0.4, 0.5) is 4.39 Å². The maximum atomic E-state index is 13.2. The fourth-order valence-corrected chi connectivity index (χ4v) is 3.85. The fourth-order valence-electron chi connectivity index (χ4n) is 3.59. The van der Waals surface area contributed by atoms with Crippen molar-refractivity contribution in [1.29, 1.82) is 0 Å². The van der Waals surface area contributed by atoms with Gasteiger partial charge in [-0.25, -0.2) is 4.39 Å². The third-order valence-corrected chi connectivity index (χ3v) is 5.65. The van der Waals surface area contributed by atoms with Crippen LogP contribution in [0.15, 0.2) is 23.2 Å². The van der Waals surface area contributed by atoms with Gasteiger partial charge in [0, 0.05) is 57.9 Å². The van der Waals surface area contributed by atoms with Gasteiger partial charge in [-0.05, 0) is 24.1 Å². The topological polar surface area (TPSA) is 60.4 Å². The summed E-state index contributed by atoms with van der Waals surface area (Å²) in [7, 11) is 1.77. The Labute approximate surface area is 176 Å². The summed E-state index contributed by atoms with van der Waals surface area (Å²) in [6.07, 6.45) is 0.687. The van der Waals surface area contributed by atoms with Gasteiger partial charge in [-0.3, -0.25) is 14.7 Å². The van der Waals surface area contributed by atoms with Gasteiger partial charge < -0.3 is 19.9 Å². The molecule has 0 aliphatic carbocycles. The van der Waals surface area contributed by atoms with Crippen LogP contribution in [0.25, 0.3) is 0 Å². The molecular formula is C20H29ClFN5O2. The summed E-state index contributed by atoms with van der Waals surface area (Å²) < 4.78 is 18.5. The number of benzene rings is 1. The number of amides is 1. The van der Waals surface area contributed by atoms with Gasteiger partial charge in [-0.2, -0.15) is 0 Å². The van der Waals surface area contributed by atoms with Crippen molar-refractivity contribution >= 4 is 23.5 Å². The quantitative estimate of drug-likeness (QED) is 0.565. The number of hydrogen-bond donors (Lipinski definition) is 1. The average molecular weight is 426 g/mol. The molecule has 0 unspecified atom stereocenters. The minimum atomic E-state index is -0.326. The molecule has 2 fully saturated rings. The Kier molecular flexibility index (Phi) is 8.09. The predicted octanol–water partition coefficient (Wildman–Crippen LogP) is 1.07. The number of piperazine rings is 1. The third kappa shape index (κ3) is 6.29. The van der Waals surface area contributed by atoms with Crippen LogP contribution >= 0.6 is 11.6 Å². The van der Waals surface area contributed by atoms with Crippen molar-refractivity contribution in [3.63, 3.8) is 0 Å². The average Bonchev–Trinajstić information content (AvgIpc) is 2.74. The summed E-state index contributed by atoms with van der Waals surface area (Å²) in [4.78, 5) is 23.1. The van der Waals surface area contributed by atoms with Crippen LogP contribution in [0.5, 0.6) is 0 Å². The first-order valence-corrected chi connectivity index (χ1v) is 10.4. The first kappa shape index (κ1) is 21.8. The number of nitrogens with zero attached hydrogens (tertiary/aromatic N) is 4. The van der Waals surface area contributed by atoms with Crippen LogP contribution in [0.3, 0.4) is 0 Å². The lowest BCUT2D eigenvalue weighted by Gasteiger charge is -2.37. The van der Waals surface area contributed by atoms with Gasteiger partial charge in [0.2, 0.25) is 5.91 Å². The van der Waals surface area contributed by atoms with E-state index < -0.39 is 0 Å². The minimum absolute atomic E-state index is 0.181. The number of aliphatic imine (C=N–C) groups is 1. The number of nitrogens with one attached hydrogen (secondary N) is 1. The van der Waals surface area contributed by atoms with E-state index in [-0.39, 0.29) is 11.7 Å². The van der Waals surface area contributed by atoms with Crippen molar-refractivity contribution in [3.8, 4) is 0 Å². The molecule has 0 spiro atoms. The van der Waals surface area contributed by atoms with Gasteiger partial charge in [0.05, 0.1) is 19.8 Å². The van der Waals surface area contributed by atoms with Crippen molar-refractivity contribution in [2.75, 3.05) is 72.6 Å². The first-order valence-electron chi connectivity index (χ1n) is 10.0. The Morgan fingerprint density at radius 2 is 1.90 bits per heavy atom. The molecule has 2 saturated heterocycles. The second-order valence-electron chi connectivity index (χ2n) is 7.22. The highest BCUT2D eigenvalue weighted by molar-refractivity contribution is 6.31. The van der Waals surface area contributed by atoms with Gasteiger partial charge in [-0.15, -0.1) is 0 Å². The fraction of sp³-hybridized carbons (Fsp3) is 0.600. The molecule has 0 radical (unpaired) electrons. The molecule has 3 rings (SSSR count). The number of rotatable bonds is 5. The highest BCUT2D eigenvalue weighted by atomic mass is 35.5. The third-order valence-electron chi connectivity index (χ3n) is 5.30. The lowest BCUT2D eigenvalue weighted by Crippen LogP contribution is -2.55. The number of halogens is 2. The normalized spacial score (nSPS) is 18.8. The number of ether oxygens (including phenoxy) is 1. The smallest absolute Gasteiger partial charge is 0.236 e. The Bertz CT molecular complexity index is 719. The maximum Gasteiger partial charge on any atom is 0.236 e. The number of guanidine groups is 1. The highest BCUT2D eigenvalue weighted by Crippen LogP contribution is 2.17. The molecule has 2 heterocycles. The highest BCUT2D eigenvalue weighted by Gasteiger charge is 2.24. The molecule has 0 saturated carbocycles. The van der Waals surface area contributed by atoms with E-state index in [9.17, 15) is 9.18 Å². The van der Waals surface area contributed by atoms with Crippen LogP contribution in [0.2, 0.25) is 5.02 Å². The second-order valence-corrected chi connectivity index (χ2v) is 7.62. The summed E-state index contributed by atoms with van der Waals surface area (Å²) in [5.74, 6) is 0.690. The standard InChI is InChI=1S/C20H29ClFN5O2/c1-23-20(24-5-4-16-2-3-17(22)14-18(16)21)27-8-6-25(7-9-27)15-19(28)26-10-12-29-13-11-26/h2-3,14H,4-13,15H2,1H3,(H,23,24). The van der Waals surface area contributed by atoms with Crippen molar-refractivity contribution in [2.24, 2.45) is 4.99 Å². The Morgan fingerprint density at radius 1 is 1.17 bits per heavy atom. The van der Waals surface area contributed by atoms with Crippen LogP contribution < -0.4 is 5.32 Å². The summed E-state index contributed by atoms with van der Waals surface area (Å²) in [6, 6.07) is 4.48. The zero-order chi connectivity index (χ0) is 20.6. The first-order chi connectivity index (χ1) is 14.1. The van der Waals surface area contributed by atoms with Crippen molar-refractivity contribution in [3.05, 3.63) is 34.6 Å². The minimum Gasteiger partial charge on any atom is -0.378 e. The van der Waals surface area contributed by atoms with E-state index in [0.29, 0.717) is 50.8 Å². The number of carbonyl (C=O) groups excluding carboxylic acids is 1. The van der Waals surface area contributed by atoms with Crippen molar-refractivity contribution in [2.45, 2.75) is 6.42 Å². The number of hydrogen-bond acceptors (Lipinski definition) is 4. The van der Waals surface area contributed by atoms with E-state index in [4.69, 9.17) is 16.3 Å². The monoisotopic (exact) mass is 425 g/mol. The number of morpholine rings is 1. The van der Waals surface area contributed by atoms with Gasteiger partial charge in [0.1, 0.15) is 5.82 Å². The zero-order valence-electron chi connectivity index (χ0n) is 16.9. The van der Waals surface area contributed by atoms with E-state index in [1.165, 1.54) is 12.1 Å². The molecule has 2 aliphatic rings. The molecule has 0 bridgehead atoms. The molecule has 2 aliphatic heterocycles. The lowest BCUT2D eigenvalue weighted by atomic mass is 10.1.